The summed E-state index contributed by atoms with van der Waals surface area (Å²) in [6.07, 6.45) is 5.98. The molecule has 1 atom stereocenters. The monoisotopic (exact) mass is 267 g/mol. The van der Waals surface area contributed by atoms with Crippen LogP contribution in [-0.2, 0) is 9.59 Å². The van der Waals surface area contributed by atoms with Crippen LogP contribution in [0.1, 0.15) is 38.5 Å². The Morgan fingerprint density at radius 3 is 2.74 bits per heavy atom. The molecule has 1 heterocycles. The van der Waals surface area contributed by atoms with Crippen molar-refractivity contribution in [1.82, 2.24) is 15.5 Å². The molecule has 0 spiro atoms. The van der Waals surface area contributed by atoms with Crippen LogP contribution >= 0.6 is 0 Å². The van der Waals surface area contributed by atoms with Crippen molar-refractivity contribution in [3.05, 3.63) is 0 Å². The Labute approximate surface area is 115 Å². The molecule has 2 fully saturated rings. The average Bonchev–Trinajstić information content (AvgIpc) is 3.03. The molecule has 1 saturated heterocycles. The standard InChI is InChI=1S/C14H25N3O2/c1-15-7-4-8-16-14(19)11-9-13(18)17(10-11)12-5-2-3-6-12/h11-12,15H,2-10H2,1H3,(H,16,19). The maximum Gasteiger partial charge on any atom is 0.225 e. The van der Waals surface area contributed by atoms with Gasteiger partial charge in [-0.15, -0.1) is 0 Å². The number of carbonyl (C=O) groups is 2. The van der Waals surface area contributed by atoms with Crippen molar-refractivity contribution >= 4 is 11.8 Å². The molecule has 1 aliphatic heterocycles. The van der Waals surface area contributed by atoms with Gasteiger partial charge in [0.25, 0.3) is 0 Å². The third kappa shape index (κ3) is 3.69. The number of hydrogen-bond donors (Lipinski definition) is 2. The Kier molecular flexibility index (Phi) is 5.19. The van der Waals surface area contributed by atoms with Gasteiger partial charge >= 0.3 is 0 Å². The smallest absolute Gasteiger partial charge is 0.225 e. The van der Waals surface area contributed by atoms with Gasteiger partial charge in [-0.25, -0.2) is 0 Å². The number of rotatable bonds is 6. The molecular weight excluding hydrogens is 242 g/mol. The lowest BCUT2D eigenvalue weighted by atomic mass is 10.1. The van der Waals surface area contributed by atoms with E-state index < -0.39 is 0 Å². The molecule has 0 radical (unpaired) electrons. The second-order valence-electron chi connectivity index (χ2n) is 5.63. The molecule has 5 heteroatoms. The maximum atomic E-state index is 12.0. The van der Waals surface area contributed by atoms with E-state index in [4.69, 9.17) is 0 Å². The third-order valence-electron chi connectivity index (χ3n) is 4.20. The zero-order chi connectivity index (χ0) is 13.7. The number of nitrogens with one attached hydrogen (secondary N) is 2. The summed E-state index contributed by atoms with van der Waals surface area (Å²) in [6.45, 7) is 2.22. The van der Waals surface area contributed by atoms with Crippen molar-refractivity contribution in [2.75, 3.05) is 26.7 Å². The third-order valence-corrected chi connectivity index (χ3v) is 4.20. The van der Waals surface area contributed by atoms with E-state index in [2.05, 4.69) is 10.6 Å². The van der Waals surface area contributed by atoms with Crippen LogP contribution in [0, 0.1) is 5.92 Å². The molecule has 108 valence electrons. The van der Waals surface area contributed by atoms with E-state index in [-0.39, 0.29) is 17.7 Å². The molecule has 5 nitrogen and oxygen atoms in total. The molecular formula is C14H25N3O2. The zero-order valence-electron chi connectivity index (χ0n) is 11.8. The summed E-state index contributed by atoms with van der Waals surface area (Å²) in [6, 6.07) is 0.398. The number of nitrogens with zero attached hydrogens (tertiary/aromatic N) is 1. The van der Waals surface area contributed by atoms with E-state index >= 15 is 0 Å². The highest BCUT2D eigenvalue weighted by atomic mass is 16.2. The Morgan fingerprint density at radius 1 is 1.32 bits per heavy atom. The van der Waals surface area contributed by atoms with Crippen molar-refractivity contribution < 1.29 is 9.59 Å². The van der Waals surface area contributed by atoms with Crippen LogP contribution in [0.5, 0.6) is 0 Å². The van der Waals surface area contributed by atoms with Crippen molar-refractivity contribution in [3.8, 4) is 0 Å². The second-order valence-corrected chi connectivity index (χ2v) is 5.63. The topological polar surface area (TPSA) is 61.4 Å². The summed E-state index contributed by atoms with van der Waals surface area (Å²) in [5, 5.41) is 5.98. The van der Waals surface area contributed by atoms with Crippen LogP contribution in [0.4, 0.5) is 0 Å². The summed E-state index contributed by atoms with van der Waals surface area (Å²) < 4.78 is 0. The summed E-state index contributed by atoms with van der Waals surface area (Å²) >= 11 is 0. The van der Waals surface area contributed by atoms with Crippen LogP contribution in [0.15, 0.2) is 0 Å². The minimum Gasteiger partial charge on any atom is -0.356 e. The van der Waals surface area contributed by atoms with Gasteiger partial charge in [-0.05, 0) is 32.9 Å². The van der Waals surface area contributed by atoms with Gasteiger partial charge in [-0.2, -0.15) is 0 Å². The van der Waals surface area contributed by atoms with Gasteiger partial charge in [0.2, 0.25) is 11.8 Å². The van der Waals surface area contributed by atoms with Gasteiger partial charge in [0.1, 0.15) is 0 Å². The predicted octanol–water partition coefficient (Wildman–Crippen LogP) is 0.503. The Bertz CT molecular complexity index is 327. The number of amides is 2. The molecule has 0 aromatic rings. The first-order valence-corrected chi connectivity index (χ1v) is 7.44. The quantitative estimate of drug-likeness (QED) is 0.689. The van der Waals surface area contributed by atoms with E-state index in [0.29, 0.717) is 25.6 Å². The molecule has 0 aromatic heterocycles. The lowest BCUT2D eigenvalue weighted by Gasteiger charge is -2.23. The largest absolute Gasteiger partial charge is 0.356 e. The number of hydrogen-bond acceptors (Lipinski definition) is 3. The fourth-order valence-corrected chi connectivity index (χ4v) is 3.10. The van der Waals surface area contributed by atoms with Crippen molar-refractivity contribution in [3.63, 3.8) is 0 Å². The van der Waals surface area contributed by atoms with E-state index in [1.54, 1.807) is 0 Å². The van der Waals surface area contributed by atoms with Crippen LogP contribution < -0.4 is 10.6 Å². The average molecular weight is 267 g/mol. The predicted molar refractivity (Wildman–Crippen MR) is 73.6 cm³/mol. The van der Waals surface area contributed by atoms with E-state index in [0.717, 1.165) is 25.8 Å². The Balaban J connectivity index is 1.76. The van der Waals surface area contributed by atoms with Crippen molar-refractivity contribution in [1.29, 1.82) is 0 Å². The molecule has 2 aliphatic rings. The molecule has 1 unspecified atom stereocenters. The van der Waals surface area contributed by atoms with Crippen LogP contribution in [0.2, 0.25) is 0 Å². The van der Waals surface area contributed by atoms with E-state index in [1.807, 2.05) is 11.9 Å². The SMILES string of the molecule is CNCCCNC(=O)C1CC(=O)N(C2CCCC2)C1. The molecule has 1 aliphatic carbocycles. The Hall–Kier alpha value is -1.10. The lowest BCUT2D eigenvalue weighted by Crippen LogP contribution is -2.37. The normalized spacial score (nSPS) is 24.2. The van der Waals surface area contributed by atoms with Crippen LogP contribution in [-0.4, -0.2) is 49.4 Å². The van der Waals surface area contributed by atoms with Gasteiger partial charge < -0.3 is 15.5 Å². The minimum absolute atomic E-state index is 0.0462. The van der Waals surface area contributed by atoms with Crippen molar-refractivity contribution in [2.24, 2.45) is 5.92 Å². The molecule has 1 saturated carbocycles. The second kappa shape index (κ2) is 6.89. The first kappa shape index (κ1) is 14.3. The van der Waals surface area contributed by atoms with Crippen LogP contribution in [0.3, 0.4) is 0 Å². The van der Waals surface area contributed by atoms with Crippen molar-refractivity contribution in [2.45, 2.75) is 44.6 Å². The maximum absolute atomic E-state index is 12.0. The fourth-order valence-electron chi connectivity index (χ4n) is 3.10. The number of carbonyl (C=O) groups excluding carboxylic acids is 2. The Morgan fingerprint density at radius 2 is 2.05 bits per heavy atom. The van der Waals surface area contributed by atoms with Gasteiger partial charge in [0.05, 0.1) is 5.92 Å². The molecule has 0 aromatic carbocycles. The first-order valence-electron chi connectivity index (χ1n) is 7.44. The molecule has 0 bridgehead atoms. The summed E-state index contributed by atoms with van der Waals surface area (Å²) in [4.78, 5) is 25.9. The first-order chi connectivity index (χ1) is 9.22. The highest BCUT2D eigenvalue weighted by Crippen LogP contribution is 2.29. The van der Waals surface area contributed by atoms with Gasteiger partial charge in [-0.1, -0.05) is 12.8 Å². The highest BCUT2D eigenvalue weighted by Gasteiger charge is 2.38. The lowest BCUT2D eigenvalue weighted by molar-refractivity contribution is -0.130. The summed E-state index contributed by atoms with van der Waals surface area (Å²) in [5.41, 5.74) is 0. The molecule has 2 N–H and O–H groups in total. The van der Waals surface area contributed by atoms with E-state index in [9.17, 15) is 9.59 Å². The van der Waals surface area contributed by atoms with E-state index in [1.165, 1.54) is 12.8 Å². The highest BCUT2D eigenvalue weighted by molar-refractivity contribution is 5.89. The zero-order valence-corrected chi connectivity index (χ0v) is 11.8. The molecule has 19 heavy (non-hydrogen) atoms. The summed E-state index contributed by atoms with van der Waals surface area (Å²) in [7, 11) is 1.90. The van der Waals surface area contributed by atoms with Gasteiger partial charge in [0, 0.05) is 25.6 Å². The number of likely N-dealkylation sites (tertiary alicyclic amines) is 1. The van der Waals surface area contributed by atoms with Crippen LogP contribution in [0.25, 0.3) is 0 Å². The fraction of sp³-hybridized carbons (Fsp3) is 0.857. The molecule has 2 amide bonds. The van der Waals surface area contributed by atoms with Gasteiger partial charge in [-0.3, -0.25) is 9.59 Å². The van der Waals surface area contributed by atoms with Gasteiger partial charge in [0.15, 0.2) is 0 Å². The summed E-state index contributed by atoms with van der Waals surface area (Å²) in [5.74, 6) is 0.0786. The minimum atomic E-state index is -0.136. The molecule has 2 rings (SSSR count).